The summed E-state index contributed by atoms with van der Waals surface area (Å²) in [5, 5.41) is 7.32. The van der Waals surface area contributed by atoms with Crippen molar-refractivity contribution in [1.82, 2.24) is 10.2 Å². The maximum absolute atomic E-state index is 11.0. The van der Waals surface area contributed by atoms with E-state index < -0.39 is 5.97 Å². The van der Waals surface area contributed by atoms with Crippen LogP contribution >= 0.6 is 0 Å². The molecule has 0 bridgehead atoms. The van der Waals surface area contributed by atoms with Crippen molar-refractivity contribution < 1.29 is 14.3 Å². The number of hydrogen-bond donors (Lipinski definition) is 0. The molecule has 0 unspecified atom stereocenters. The van der Waals surface area contributed by atoms with Crippen LogP contribution in [0.3, 0.4) is 0 Å². The highest BCUT2D eigenvalue weighted by molar-refractivity contribution is 5.87. The largest absolute Gasteiger partial charge is 0.480 e. The summed E-state index contributed by atoms with van der Waals surface area (Å²) in [5.74, 6) is -0.0918. The molecule has 1 rings (SSSR count). The Morgan fingerprint density at radius 1 is 1.38 bits per heavy atom. The number of methoxy groups -OCH3 is 2. The van der Waals surface area contributed by atoms with Crippen LogP contribution in [-0.2, 0) is 4.74 Å². The van der Waals surface area contributed by atoms with Crippen LogP contribution in [0.5, 0.6) is 5.88 Å². The molecule has 1 aromatic heterocycles. The van der Waals surface area contributed by atoms with Crippen molar-refractivity contribution in [3.05, 3.63) is 17.3 Å². The quantitative estimate of drug-likeness (QED) is 0.626. The summed E-state index contributed by atoms with van der Waals surface area (Å²) in [4.78, 5) is 11.0. The second-order valence-electron chi connectivity index (χ2n) is 2.41. The Kier molecular flexibility index (Phi) is 2.79. The first-order chi connectivity index (χ1) is 6.19. The van der Waals surface area contributed by atoms with Crippen LogP contribution in [-0.4, -0.2) is 30.4 Å². The molecular weight excluding hydrogens is 172 g/mol. The molecule has 0 aromatic carbocycles. The molecular formula is C8H10N2O3. The van der Waals surface area contributed by atoms with E-state index in [2.05, 4.69) is 14.9 Å². The summed E-state index contributed by atoms with van der Waals surface area (Å²) in [6, 6.07) is 1.57. The Hall–Kier alpha value is -1.65. The minimum atomic E-state index is -0.502. The van der Waals surface area contributed by atoms with Gasteiger partial charge in [0.15, 0.2) is 5.69 Å². The summed E-state index contributed by atoms with van der Waals surface area (Å²) in [7, 11) is 2.79. The second kappa shape index (κ2) is 3.84. The summed E-state index contributed by atoms with van der Waals surface area (Å²) in [6.07, 6.45) is 0. The van der Waals surface area contributed by atoms with Crippen LogP contribution in [0.15, 0.2) is 6.07 Å². The fourth-order valence-corrected chi connectivity index (χ4v) is 0.880. The van der Waals surface area contributed by atoms with Gasteiger partial charge in [0.2, 0.25) is 5.88 Å². The van der Waals surface area contributed by atoms with Gasteiger partial charge in [0, 0.05) is 5.56 Å². The zero-order valence-corrected chi connectivity index (χ0v) is 7.70. The molecule has 0 N–H and O–H groups in total. The Morgan fingerprint density at radius 3 is 2.54 bits per heavy atom. The van der Waals surface area contributed by atoms with Crippen molar-refractivity contribution in [3.63, 3.8) is 0 Å². The lowest BCUT2D eigenvalue weighted by atomic mass is 10.3. The molecule has 0 radical (unpaired) electrons. The second-order valence-corrected chi connectivity index (χ2v) is 2.41. The smallest absolute Gasteiger partial charge is 0.358 e. The molecule has 0 amide bonds. The lowest BCUT2D eigenvalue weighted by Gasteiger charge is -2.02. The molecule has 5 heteroatoms. The first-order valence-electron chi connectivity index (χ1n) is 3.65. The minimum Gasteiger partial charge on any atom is -0.480 e. The average Bonchev–Trinajstić information content (AvgIpc) is 2.16. The normalized spacial score (nSPS) is 9.46. The van der Waals surface area contributed by atoms with Crippen LogP contribution in [0.25, 0.3) is 0 Å². The highest BCUT2D eigenvalue weighted by atomic mass is 16.5. The fraction of sp³-hybridized carbons (Fsp3) is 0.375. The molecule has 0 spiro atoms. The number of aromatic nitrogens is 2. The van der Waals surface area contributed by atoms with E-state index in [9.17, 15) is 4.79 Å². The van der Waals surface area contributed by atoms with Crippen LogP contribution in [0, 0.1) is 6.92 Å². The van der Waals surface area contributed by atoms with E-state index in [0.717, 1.165) is 5.56 Å². The molecule has 1 heterocycles. The molecule has 0 saturated carbocycles. The number of hydrogen-bond acceptors (Lipinski definition) is 5. The predicted molar refractivity (Wildman–Crippen MR) is 44.7 cm³/mol. The van der Waals surface area contributed by atoms with Crippen molar-refractivity contribution in [2.24, 2.45) is 0 Å². The molecule has 0 fully saturated rings. The van der Waals surface area contributed by atoms with Gasteiger partial charge in [-0.2, -0.15) is 0 Å². The van der Waals surface area contributed by atoms with E-state index in [0.29, 0.717) is 5.88 Å². The number of carbonyl (C=O) groups is 1. The predicted octanol–water partition coefficient (Wildman–Crippen LogP) is 0.580. The van der Waals surface area contributed by atoms with Gasteiger partial charge in [-0.3, -0.25) is 0 Å². The van der Waals surface area contributed by atoms with Gasteiger partial charge in [-0.25, -0.2) is 4.79 Å². The first-order valence-corrected chi connectivity index (χ1v) is 3.65. The van der Waals surface area contributed by atoms with Gasteiger partial charge in [-0.1, -0.05) is 0 Å². The van der Waals surface area contributed by atoms with Gasteiger partial charge >= 0.3 is 5.97 Å². The van der Waals surface area contributed by atoms with Crippen molar-refractivity contribution in [2.45, 2.75) is 6.92 Å². The molecule has 70 valence electrons. The fourth-order valence-electron chi connectivity index (χ4n) is 0.880. The molecule has 0 aliphatic carbocycles. The van der Waals surface area contributed by atoms with Gasteiger partial charge in [-0.05, 0) is 13.0 Å². The number of ether oxygens (including phenoxy) is 2. The van der Waals surface area contributed by atoms with Crippen molar-refractivity contribution in [3.8, 4) is 5.88 Å². The number of aryl methyl sites for hydroxylation is 1. The Balaban J connectivity index is 3.02. The van der Waals surface area contributed by atoms with E-state index in [1.807, 2.05) is 0 Å². The maximum atomic E-state index is 11.0. The zero-order chi connectivity index (χ0) is 9.84. The number of esters is 1. The average molecular weight is 182 g/mol. The summed E-state index contributed by atoms with van der Waals surface area (Å²) in [6.45, 7) is 1.78. The highest BCUT2D eigenvalue weighted by Gasteiger charge is 2.10. The minimum absolute atomic E-state index is 0.181. The van der Waals surface area contributed by atoms with Crippen molar-refractivity contribution in [2.75, 3.05) is 14.2 Å². The van der Waals surface area contributed by atoms with Crippen LogP contribution in [0.1, 0.15) is 16.1 Å². The molecule has 5 nitrogen and oxygen atoms in total. The van der Waals surface area contributed by atoms with Crippen molar-refractivity contribution >= 4 is 5.97 Å². The van der Waals surface area contributed by atoms with Gasteiger partial charge in [-0.15, -0.1) is 10.2 Å². The Labute approximate surface area is 75.7 Å². The van der Waals surface area contributed by atoms with E-state index in [1.54, 1.807) is 13.0 Å². The van der Waals surface area contributed by atoms with Crippen molar-refractivity contribution in [1.29, 1.82) is 0 Å². The lowest BCUT2D eigenvalue weighted by Crippen LogP contribution is -2.07. The van der Waals surface area contributed by atoms with E-state index in [1.165, 1.54) is 14.2 Å². The molecule has 0 aliphatic heterocycles. The molecule has 0 aliphatic rings. The standard InChI is InChI=1S/C8H10N2O3/c1-5-4-6(8(11)13-3)9-10-7(5)12-2/h4H,1-3H3. The van der Waals surface area contributed by atoms with Crippen LogP contribution in [0.4, 0.5) is 0 Å². The van der Waals surface area contributed by atoms with E-state index in [-0.39, 0.29) is 5.69 Å². The monoisotopic (exact) mass is 182 g/mol. The third-order valence-electron chi connectivity index (χ3n) is 1.53. The lowest BCUT2D eigenvalue weighted by molar-refractivity contribution is 0.0592. The summed E-state index contributed by atoms with van der Waals surface area (Å²) >= 11 is 0. The number of nitrogens with zero attached hydrogens (tertiary/aromatic N) is 2. The SMILES string of the molecule is COC(=O)c1cc(C)c(OC)nn1. The Morgan fingerprint density at radius 2 is 2.08 bits per heavy atom. The van der Waals surface area contributed by atoms with Crippen LogP contribution in [0.2, 0.25) is 0 Å². The van der Waals surface area contributed by atoms with Gasteiger partial charge in [0.1, 0.15) is 0 Å². The van der Waals surface area contributed by atoms with E-state index >= 15 is 0 Å². The third kappa shape index (κ3) is 1.93. The molecule has 0 saturated heterocycles. The summed E-state index contributed by atoms with van der Waals surface area (Å²) < 4.78 is 9.37. The van der Waals surface area contributed by atoms with Crippen LogP contribution < -0.4 is 4.74 Å². The molecule has 1 aromatic rings. The Bertz CT molecular complexity index is 325. The molecule has 13 heavy (non-hydrogen) atoms. The maximum Gasteiger partial charge on any atom is 0.358 e. The number of rotatable bonds is 2. The molecule has 0 atom stereocenters. The van der Waals surface area contributed by atoms with Gasteiger partial charge in [0.05, 0.1) is 14.2 Å². The number of carbonyl (C=O) groups excluding carboxylic acids is 1. The van der Waals surface area contributed by atoms with Gasteiger partial charge < -0.3 is 9.47 Å². The van der Waals surface area contributed by atoms with Gasteiger partial charge in [0.25, 0.3) is 0 Å². The zero-order valence-electron chi connectivity index (χ0n) is 7.70. The van der Waals surface area contributed by atoms with E-state index in [4.69, 9.17) is 4.74 Å². The topological polar surface area (TPSA) is 61.3 Å². The highest BCUT2D eigenvalue weighted by Crippen LogP contribution is 2.12. The summed E-state index contributed by atoms with van der Waals surface area (Å²) in [5.41, 5.74) is 0.929. The third-order valence-corrected chi connectivity index (χ3v) is 1.53. The first kappa shape index (κ1) is 9.44.